The topological polar surface area (TPSA) is 54.2 Å². The SMILES string of the molecule is COc1ccc(N=Nc2ccc(O)cc2)cc1. The molecule has 0 aromatic heterocycles. The normalized spacial score (nSPS) is 10.6. The Morgan fingerprint density at radius 1 is 0.824 bits per heavy atom. The highest BCUT2D eigenvalue weighted by atomic mass is 16.5. The van der Waals surface area contributed by atoms with Crippen LogP contribution in [0.4, 0.5) is 11.4 Å². The molecular formula is C13H12N2O2. The van der Waals surface area contributed by atoms with Gasteiger partial charge < -0.3 is 9.84 Å². The van der Waals surface area contributed by atoms with Crippen molar-refractivity contribution >= 4 is 11.4 Å². The second-order valence-electron chi connectivity index (χ2n) is 3.41. The number of ether oxygens (including phenoxy) is 1. The van der Waals surface area contributed by atoms with Gasteiger partial charge in [-0.3, -0.25) is 0 Å². The Morgan fingerprint density at radius 3 is 1.76 bits per heavy atom. The van der Waals surface area contributed by atoms with Gasteiger partial charge in [0.2, 0.25) is 0 Å². The third-order valence-electron chi connectivity index (χ3n) is 2.20. The molecule has 2 aromatic rings. The molecule has 0 atom stereocenters. The number of nitrogens with zero attached hydrogens (tertiary/aromatic N) is 2. The quantitative estimate of drug-likeness (QED) is 0.812. The molecule has 0 radical (unpaired) electrons. The van der Waals surface area contributed by atoms with E-state index in [0.29, 0.717) is 5.69 Å². The van der Waals surface area contributed by atoms with Gasteiger partial charge in [0.1, 0.15) is 11.5 Å². The van der Waals surface area contributed by atoms with Crippen molar-refractivity contribution in [3.63, 3.8) is 0 Å². The summed E-state index contributed by atoms with van der Waals surface area (Å²) in [4.78, 5) is 0. The summed E-state index contributed by atoms with van der Waals surface area (Å²) >= 11 is 0. The standard InChI is InChI=1S/C13H12N2O2/c1-17-13-8-4-11(5-9-13)15-14-10-2-6-12(16)7-3-10/h2-9,16H,1H3. The molecule has 0 saturated carbocycles. The molecule has 0 aliphatic rings. The van der Waals surface area contributed by atoms with Gasteiger partial charge >= 0.3 is 0 Å². The molecular weight excluding hydrogens is 216 g/mol. The second-order valence-corrected chi connectivity index (χ2v) is 3.41. The number of azo groups is 1. The summed E-state index contributed by atoms with van der Waals surface area (Å²) in [6.07, 6.45) is 0. The summed E-state index contributed by atoms with van der Waals surface area (Å²) in [5, 5.41) is 17.2. The first kappa shape index (κ1) is 11.1. The molecule has 0 heterocycles. The monoisotopic (exact) mass is 228 g/mol. The highest BCUT2D eigenvalue weighted by molar-refractivity contribution is 5.43. The number of aromatic hydroxyl groups is 1. The van der Waals surface area contributed by atoms with Crippen LogP contribution in [0.5, 0.6) is 11.5 Å². The molecule has 4 nitrogen and oxygen atoms in total. The minimum Gasteiger partial charge on any atom is -0.508 e. The van der Waals surface area contributed by atoms with Crippen LogP contribution in [0, 0.1) is 0 Å². The van der Waals surface area contributed by atoms with E-state index in [9.17, 15) is 0 Å². The minimum absolute atomic E-state index is 0.216. The van der Waals surface area contributed by atoms with E-state index in [1.165, 1.54) is 0 Å². The summed E-state index contributed by atoms with van der Waals surface area (Å²) in [7, 11) is 1.62. The average Bonchev–Trinajstić information content (AvgIpc) is 2.39. The zero-order valence-electron chi connectivity index (χ0n) is 9.37. The molecule has 17 heavy (non-hydrogen) atoms. The van der Waals surface area contributed by atoms with Crippen LogP contribution in [0.15, 0.2) is 58.8 Å². The maximum absolute atomic E-state index is 9.11. The lowest BCUT2D eigenvalue weighted by Gasteiger charge is -1.98. The van der Waals surface area contributed by atoms with Crippen molar-refractivity contribution in [2.45, 2.75) is 0 Å². The van der Waals surface area contributed by atoms with Crippen molar-refractivity contribution in [3.05, 3.63) is 48.5 Å². The smallest absolute Gasteiger partial charge is 0.119 e. The minimum atomic E-state index is 0.216. The van der Waals surface area contributed by atoms with Crippen LogP contribution in [0.25, 0.3) is 0 Å². The predicted molar refractivity (Wildman–Crippen MR) is 65.3 cm³/mol. The van der Waals surface area contributed by atoms with Crippen LogP contribution in [0.1, 0.15) is 0 Å². The van der Waals surface area contributed by atoms with Gasteiger partial charge in [-0.25, -0.2) is 0 Å². The number of phenols is 1. The van der Waals surface area contributed by atoms with Crippen LogP contribution >= 0.6 is 0 Å². The molecule has 0 bridgehead atoms. The third-order valence-corrected chi connectivity index (χ3v) is 2.20. The first-order valence-electron chi connectivity index (χ1n) is 5.13. The molecule has 0 unspecified atom stereocenters. The molecule has 0 aliphatic carbocycles. The van der Waals surface area contributed by atoms with Gasteiger partial charge in [0.05, 0.1) is 18.5 Å². The molecule has 0 spiro atoms. The fraction of sp³-hybridized carbons (Fsp3) is 0.0769. The molecule has 0 amide bonds. The number of phenolic OH excluding ortho intramolecular Hbond substituents is 1. The van der Waals surface area contributed by atoms with Crippen molar-refractivity contribution in [2.24, 2.45) is 10.2 Å². The summed E-state index contributed by atoms with van der Waals surface area (Å²) in [5.74, 6) is 1.00. The van der Waals surface area contributed by atoms with E-state index < -0.39 is 0 Å². The number of rotatable bonds is 3. The maximum atomic E-state index is 9.11. The molecule has 0 aliphatic heterocycles. The van der Waals surface area contributed by atoms with E-state index in [1.807, 2.05) is 24.3 Å². The third kappa shape index (κ3) is 3.04. The first-order chi connectivity index (χ1) is 8.28. The second kappa shape index (κ2) is 5.12. The van der Waals surface area contributed by atoms with Crippen molar-refractivity contribution in [1.82, 2.24) is 0 Å². The molecule has 2 aromatic carbocycles. The molecule has 86 valence electrons. The van der Waals surface area contributed by atoms with E-state index in [0.717, 1.165) is 11.4 Å². The lowest BCUT2D eigenvalue weighted by Crippen LogP contribution is -1.79. The van der Waals surface area contributed by atoms with E-state index in [2.05, 4.69) is 10.2 Å². The van der Waals surface area contributed by atoms with Crippen LogP contribution in [0.3, 0.4) is 0 Å². The first-order valence-corrected chi connectivity index (χ1v) is 5.13. The van der Waals surface area contributed by atoms with Crippen LogP contribution < -0.4 is 4.74 Å². The van der Waals surface area contributed by atoms with Crippen LogP contribution in [-0.4, -0.2) is 12.2 Å². The molecule has 1 N–H and O–H groups in total. The Labute approximate surface area is 99.2 Å². The van der Waals surface area contributed by atoms with E-state index in [-0.39, 0.29) is 5.75 Å². The molecule has 0 saturated heterocycles. The molecule has 2 rings (SSSR count). The zero-order valence-corrected chi connectivity index (χ0v) is 9.37. The van der Waals surface area contributed by atoms with Gasteiger partial charge in [0.15, 0.2) is 0 Å². The fourth-order valence-corrected chi connectivity index (χ4v) is 1.28. The summed E-state index contributed by atoms with van der Waals surface area (Å²) in [5.41, 5.74) is 1.44. The Balaban J connectivity index is 2.11. The van der Waals surface area contributed by atoms with Crippen molar-refractivity contribution < 1.29 is 9.84 Å². The van der Waals surface area contributed by atoms with Crippen molar-refractivity contribution in [2.75, 3.05) is 7.11 Å². The zero-order chi connectivity index (χ0) is 12.1. The van der Waals surface area contributed by atoms with E-state index >= 15 is 0 Å². The highest BCUT2D eigenvalue weighted by Crippen LogP contribution is 2.22. The fourth-order valence-electron chi connectivity index (χ4n) is 1.28. The van der Waals surface area contributed by atoms with Crippen molar-refractivity contribution in [3.8, 4) is 11.5 Å². The summed E-state index contributed by atoms with van der Waals surface area (Å²) < 4.78 is 5.05. The summed E-state index contributed by atoms with van der Waals surface area (Å²) in [6.45, 7) is 0. The summed E-state index contributed by atoms with van der Waals surface area (Å²) in [6, 6.07) is 13.8. The van der Waals surface area contributed by atoms with Gasteiger partial charge in [-0.2, -0.15) is 10.2 Å². The lowest BCUT2D eigenvalue weighted by atomic mass is 10.3. The average molecular weight is 228 g/mol. The van der Waals surface area contributed by atoms with Crippen LogP contribution in [-0.2, 0) is 0 Å². The Hall–Kier alpha value is -2.36. The molecule has 0 fully saturated rings. The number of hydrogen-bond acceptors (Lipinski definition) is 4. The maximum Gasteiger partial charge on any atom is 0.119 e. The molecule has 4 heteroatoms. The number of benzene rings is 2. The van der Waals surface area contributed by atoms with Gasteiger partial charge in [-0.15, -0.1) is 0 Å². The van der Waals surface area contributed by atoms with Gasteiger partial charge in [-0.05, 0) is 48.5 Å². The van der Waals surface area contributed by atoms with Gasteiger partial charge in [0.25, 0.3) is 0 Å². The predicted octanol–water partition coefficient (Wildman–Crippen LogP) is 3.82. The Kier molecular flexibility index (Phi) is 3.35. The number of methoxy groups -OCH3 is 1. The lowest BCUT2D eigenvalue weighted by molar-refractivity contribution is 0.415. The van der Waals surface area contributed by atoms with E-state index in [4.69, 9.17) is 9.84 Å². The largest absolute Gasteiger partial charge is 0.508 e. The highest BCUT2D eigenvalue weighted by Gasteiger charge is 1.93. The number of hydrogen-bond donors (Lipinski definition) is 1. The van der Waals surface area contributed by atoms with Gasteiger partial charge in [0, 0.05) is 0 Å². The van der Waals surface area contributed by atoms with Crippen molar-refractivity contribution in [1.29, 1.82) is 0 Å². The van der Waals surface area contributed by atoms with Crippen LogP contribution in [0.2, 0.25) is 0 Å². The van der Waals surface area contributed by atoms with E-state index in [1.54, 1.807) is 31.4 Å². The Bertz CT molecular complexity index is 504. The Morgan fingerprint density at radius 2 is 1.29 bits per heavy atom. The van der Waals surface area contributed by atoms with Gasteiger partial charge in [-0.1, -0.05) is 0 Å².